The normalized spacial score (nSPS) is 11.6. The molecule has 6 nitrogen and oxygen atoms in total. The molecule has 1 aromatic carbocycles. The van der Waals surface area contributed by atoms with Crippen molar-refractivity contribution in [2.24, 2.45) is 4.99 Å². The molecule has 0 saturated heterocycles. The van der Waals surface area contributed by atoms with Crippen molar-refractivity contribution in [3.8, 4) is 11.5 Å². The molecule has 3 aromatic rings. The van der Waals surface area contributed by atoms with Gasteiger partial charge in [-0.2, -0.15) is 0 Å². The summed E-state index contributed by atoms with van der Waals surface area (Å²) in [7, 11) is 0. The molecule has 2 N–H and O–H groups in total. The average Bonchev–Trinajstić information content (AvgIpc) is 3.31. The molecular formula is C20H24FN5OS. The monoisotopic (exact) mass is 401 g/mol. The second-order valence-corrected chi connectivity index (χ2v) is 7.52. The lowest BCUT2D eigenvalue weighted by atomic mass is 10.2. The predicted octanol–water partition coefficient (Wildman–Crippen LogP) is 3.59. The Bertz CT molecular complexity index is 903. The highest BCUT2D eigenvalue weighted by atomic mass is 32.1. The number of aromatic nitrogens is 2. The maximum atomic E-state index is 13.0. The molecule has 8 heteroatoms. The number of aryl methyl sites for hydroxylation is 1. The number of benzene rings is 1. The first-order valence-corrected chi connectivity index (χ1v) is 10.1. The van der Waals surface area contributed by atoms with Crippen LogP contribution in [-0.4, -0.2) is 35.6 Å². The molecule has 0 spiro atoms. The molecule has 148 valence electrons. The molecule has 0 bridgehead atoms. The van der Waals surface area contributed by atoms with E-state index < -0.39 is 0 Å². The topological polar surface area (TPSA) is 75.3 Å². The third-order valence-electron chi connectivity index (χ3n) is 3.93. The fourth-order valence-corrected chi connectivity index (χ4v) is 3.35. The van der Waals surface area contributed by atoms with E-state index in [1.807, 2.05) is 13.1 Å². The molecule has 28 heavy (non-hydrogen) atoms. The molecule has 0 aliphatic carbocycles. The Morgan fingerprint density at radius 3 is 2.75 bits per heavy atom. The number of halogens is 1. The zero-order chi connectivity index (χ0) is 19.8. The minimum atomic E-state index is -0.278. The van der Waals surface area contributed by atoms with Gasteiger partial charge in [0.25, 0.3) is 0 Å². The fraction of sp³-hybridized carbons (Fsp3) is 0.350. The van der Waals surface area contributed by atoms with Crippen LogP contribution in [0.25, 0.3) is 11.5 Å². The first-order valence-electron chi connectivity index (χ1n) is 9.28. The van der Waals surface area contributed by atoms with E-state index in [1.54, 1.807) is 29.7 Å². The minimum absolute atomic E-state index is 0.278. The van der Waals surface area contributed by atoms with Crippen molar-refractivity contribution in [1.29, 1.82) is 0 Å². The Morgan fingerprint density at radius 1 is 1.21 bits per heavy atom. The van der Waals surface area contributed by atoms with Gasteiger partial charge in [-0.15, -0.1) is 11.3 Å². The quantitative estimate of drug-likeness (QED) is 0.446. The number of nitrogens with one attached hydrogen (secondary N) is 2. The number of guanidine groups is 1. The number of oxazole rings is 1. The molecule has 0 radical (unpaired) electrons. The van der Waals surface area contributed by atoms with E-state index in [9.17, 15) is 4.39 Å². The largest absolute Gasteiger partial charge is 0.444 e. The van der Waals surface area contributed by atoms with Crippen molar-refractivity contribution in [1.82, 2.24) is 20.6 Å². The molecule has 0 saturated carbocycles. The third kappa shape index (κ3) is 5.88. The molecule has 0 amide bonds. The third-order valence-corrected chi connectivity index (χ3v) is 4.90. The number of hydrogen-bond donors (Lipinski definition) is 2. The summed E-state index contributed by atoms with van der Waals surface area (Å²) in [6, 6.07) is 6.10. The van der Waals surface area contributed by atoms with E-state index in [2.05, 4.69) is 32.5 Å². The molecule has 2 heterocycles. The van der Waals surface area contributed by atoms with Crippen LogP contribution in [0, 0.1) is 12.7 Å². The number of aliphatic imine (C=N–C) groups is 1. The van der Waals surface area contributed by atoms with Crippen LogP contribution < -0.4 is 10.6 Å². The number of rotatable bonds is 8. The van der Waals surface area contributed by atoms with Crippen LogP contribution in [0.2, 0.25) is 0 Å². The van der Waals surface area contributed by atoms with Gasteiger partial charge in [0.15, 0.2) is 5.96 Å². The van der Waals surface area contributed by atoms with Gasteiger partial charge in [-0.1, -0.05) is 0 Å². The Hall–Kier alpha value is -2.74. The second-order valence-electron chi connectivity index (χ2n) is 6.20. The zero-order valence-corrected chi connectivity index (χ0v) is 16.9. The summed E-state index contributed by atoms with van der Waals surface area (Å²) >= 11 is 1.71. The summed E-state index contributed by atoms with van der Waals surface area (Å²) < 4.78 is 18.5. The highest BCUT2D eigenvalue weighted by molar-refractivity contribution is 7.11. The van der Waals surface area contributed by atoms with Crippen molar-refractivity contribution in [3.63, 3.8) is 0 Å². The lowest BCUT2D eigenvalue weighted by Crippen LogP contribution is -2.38. The molecular weight excluding hydrogens is 377 g/mol. The van der Waals surface area contributed by atoms with Gasteiger partial charge in [-0.25, -0.2) is 14.4 Å². The summed E-state index contributed by atoms with van der Waals surface area (Å²) in [6.07, 6.45) is 5.06. The van der Waals surface area contributed by atoms with Crippen LogP contribution in [0.1, 0.15) is 22.5 Å². The molecule has 0 unspecified atom stereocenters. The van der Waals surface area contributed by atoms with E-state index in [4.69, 9.17) is 4.42 Å². The smallest absolute Gasteiger partial charge is 0.226 e. The van der Waals surface area contributed by atoms with Gasteiger partial charge < -0.3 is 15.1 Å². The highest BCUT2D eigenvalue weighted by Gasteiger charge is 2.07. The summed E-state index contributed by atoms with van der Waals surface area (Å²) in [6.45, 7) is 6.24. The van der Waals surface area contributed by atoms with Gasteiger partial charge in [0.2, 0.25) is 5.89 Å². The molecule has 0 aliphatic heterocycles. The van der Waals surface area contributed by atoms with E-state index in [0.717, 1.165) is 35.2 Å². The standard InChI is InChI=1S/C20H24FN5OS/c1-3-22-20(24-11-9-18-25-12-14(2)28-18)23-10-8-17-13-27-19(26-17)15-4-6-16(21)7-5-15/h4-7,12-13H,3,8-11H2,1-2H3,(H2,22,23,24). The van der Waals surface area contributed by atoms with Crippen LogP contribution in [0.3, 0.4) is 0 Å². The summed E-state index contributed by atoms with van der Waals surface area (Å²) in [5.74, 6) is 0.993. The van der Waals surface area contributed by atoms with Gasteiger partial charge in [-0.05, 0) is 38.1 Å². The van der Waals surface area contributed by atoms with Gasteiger partial charge >= 0.3 is 0 Å². The molecule has 0 fully saturated rings. The van der Waals surface area contributed by atoms with E-state index in [1.165, 1.54) is 17.0 Å². The van der Waals surface area contributed by atoms with Crippen molar-refractivity contribution in [2.45, 2.75) is 26.7 Å². The Labute approximate surface area is 167 Å². The summed E-state index contributed by atoms with van der Waals surface area (Å²) in [4.78, 5) is 14.6. The average molecular weight is 402 g/mol. The molecule has 2 aromatic heterocycles. The maximum Gasteiger partial charge on any atom is 0.226 e. The molecule has 0 aliphatic rings. The van der Waals surface area contributed by atoms with Gasteiger partial charge in [0.05, 0.1) is 10.7 Å². The van der Waals surface area contributed by atoms with E-state index in [-0.39, 0.29) is 5.82 Å². The predicted molar refractivity (Wildman–Crippen MR) is 110 cm³/mol. The maximum absolute atomic E-state index is 13.0. The summed E-state index contributed by atoms with van der Waals surface area (Å²) in [5, 5.41) is 7.65. The fourth-order valence-electron chi connectivity index (χ4n) is 2.58. The highest BCUT2D eigenvalue weighted by Crippen LogP contribution is 2.19. The van der Waals surface area contributed by atoms with Crippen LogP contribution in [0.5, 0.6) is 0 Å². The van der Waals surface area contributed by atoms with Crippen LogP contribution in [-0.2, 0) is 12.8 Å². The van der Waals surface area contributed by atoms with Crippen LogP contribution in [0.15, 0.2) is 46.1 Å². The Morgan fingerprint density at radius 2 is 2.04 bits per heavy atom. The lowest BCUT2D eigenvalue weighted by molar-refractivity contribution is 0.571. The van der Waals surface area contributed by atoms with Gasteiger partial charge in [0.1, 0.15) is 12.1 Å². The van der Waals surface area contributed by atoms with Crippen molar-refractivity contribution in [2.75, 3.05) is 19.6 Å². The van der Waals surface area contributed by atoms with Crippen molar-refractivity contribution < 1.29 is 8.81 Å². The van der Waals surface area contributed by atoms with Crippen molar-refractivity contribution in [3.05, 3.63) is 58.1 Å². The first kappa shape index (κ1) is 20.0. The van der Waals surface area contributed by atoms with Gasteiger partial charge in [-0.3, -0.25) is 4.99 Å². The van der Waals surface area contributed by atoms with Gasteiger partial charge in [0, 0.05) is 49.1 Å². The van der Waals surface area contributed by atoms with E-state index in [0.29, 0.717) is 25.4 Å². The second kappa shape index (κ2) is 9.98. The number of thiazole rings is 1. The first-order chi connectivity index (χ1) is 13.6. The van der Waals surface area contributed by atoms with Crippen LogP contribution in [0.4, 0.5) is 4.39 Å². The Kier molecular flexibility index (Phi) is 7.13. The van der Waals surface area contributed by atoms with Crippen LogP contribution >= 0.6 is 11.3 Å². The SMILES string of the molecule is CCNC(=NCCc1ncc(C)s1)NCCc1coc(-c2ccc(F)cc2)n1. The van der Waals surface area contributed by atoms with Crippen molar-refractivity contribution >= 4 is 17.3 Å². The van der Waals surface area contributed by atoms with E-state index >= 15 is 0 Å². The molecule has 0 atom stereocenters. The Balaban J connectivity index is 1.48. The number of hydrogen-bond acceptors (Lipinski definition) is 5. The zero-order valence-electron chi connectivity index (χ0n) is 16.0. The lowest BCUT2D eigenvalue weighted by Gasteiger charge is -2.10. The molecule has 3 rings (SSSR count). The summed E-state index contributed by atoms with van der Waals surface area (Å²) in [5.41, 5.74) is 1.59. The number of nitrogens with zero attached hydrogens (tertiary/aromatic N) is 3. The minimum Gasteiger partial charge on any atom is -0.444 e.